The van der Waals surface area contributed by atoms with Crippen molar-refractivity contribution in [1.29, 1.82) is 0 Å². The van der Waals surface area contributed by atoms with Crippen molar-refractivity contribution >= 4 is 33.9 Å². The minimum absolute atomic E-state index is 0.271. The summed E-state index contributed by atoms with van der Waals surface area (Å²) in [5.74, 6) is 0.615. The van der Waals surface area contributed by atoms with E-state index in [4.69, 9.17) is 0 Å². The van der Waals surface area contributed by atoms with Crippen molar-refractivity contribution in [2.24, 2.45) is 0 Å². The summed E-state index contributed by atoms with van der Waals surface area (Å²) in [5.41, 5.74) is 1.96. The van der Waals surface area contributed by atoms with Crippen LogP contribution in [0.2, 0.25) is 0 Å². The number of halogens is 1. The van der Waals surface area contributed by atoms with Crippen LogP contribution in [0.1, 0.15) is 13.8 Å². The van der Waals surface area contributed by atoms with Gasteiger partial charge in [0.05, 0.1) is 0 Å². The lowest BCUT2D eigenvalue weighted by Gasteiger charge is -2.00. The first kappa shape index (κ1) is 14.0. The van der Waals surface area contributed by atoms with E-state index in [0.717, 1.165) is 10.1 Å². The van der Waals surface area contributed by atoms with Crippen LogP contribution in [0.5, 0.6) is 0 Å². The second kappa shape index (κ2) is 6.68. The highest BCUT2D eigenvalue weighted by molar-refractivity contribution is 8.01. The van der Waals surface area contributed by atoms with Gasteiger partial charge in [-0.25, -0.2) is 4.39 Å². The quantitative estimate of drug-likeness (QED) is 0.652. The molecule has 2 aromatic rings. The van der Waals surface area contributed by atoms with Crippen LogP contribution < -0.4 is 5.32 Å². The number of benzene rings is 1. The van der Waals surface area contributed by atoms with Crippen molar-refractivity contribution in [3.8, 4) is 0 Å². The van der Waals surface area contributed by atoms with Crippen molar-refractivity contribution in [2.45, 2.75) is 18.2 Å². The third-order valence-electron chi connectivity index (χ3n) is 2.18. The molecule has 2 rings (SSSR count). The van der Waals surface area contributed by atoms with Gasteiger partial charge in [0.1, 0.15) is 5.82 Å². The molecule has 0 aliphatic carbocycles. The molecule has 0 atom stereocenters. The van der Waals surface area contributed by atoms with Crippen molar-refractivity contribution in [3.05, 3.63) is 41.7 Å². The Hall–Kier alpha value is -1.40. The van der Waals surface area contributed by atoms with E-state index in [1.165, 1.54) is 29.0 Å². The molecule has 0 radical (unpaired) electrons. The van der Waals surface area contributed by atoms with Gasteiger partial charge in [-0.3, -0.25) is 0 Å². The fraction of sp³-hybridized carbons (Fsp3) is 0.231. The van der Waals surface area contributed by atoms with Crippen LogP contribution in [0, 0.1) is 5.82 Å². The van der Waals surface area contributed by atoms with Crippen LogP contribution in [0.15, 0.2) is 40.3 Å². The molecular formula is C13H14FN3S2. The minimum atomic E-state index is -0.271. The maximum Gasteiger partial charge on any atom is 0.210 e. The van der Waals surface area contributed by atoms with E-state index in [2.05, 4.69) is 35.4 Å². The molecule has 0 aliphatic heterocycles. The molecule has 19 heavy (non-hydrogen) atoms. The summed E-state index contributed by atoms with van der Waals surface area (Å²) in [4.78, 5) is 0. The molecule has 0 fully saturated rings. The topological polar surface area (TPSA) is 37.8 Å². The van der Waals surface area contributed by atoms with E-state index in [1.807, 2.05) is 0 Å². The largest absolute Gasteiger partial charge is 0.330 e. The Morgan fingerprint density at radius 3 is 3.00 bits per heavy atom. The van der Waals surface area contributed by atoms with Gasteiger partial charge in [0.15, 0.2) is 4.34 Å². The number of hydrogen-bond acceptors (Lipinski definition) is 5. The minimum Gasteiger partial charge on any atom is -0.330 e. The number of anilines is 2. The lowest BCUT2D eigenvalue weighted by atomic mass is 10.3. The monoisotopic (exact) mass is 295 g/mol. The van der Waals surface area contributed by atoms with Crippen molar-refractivity contribution in [3.63, 3.8) is 0 Å². The summed E-state index contributed by atoms with van der Waals surface area (Å²) < 4.78 is 13.9. The predicted molar refractivity (Wildman–Crippen MR) is 79.7 cm³/mol. The Morgan fingerprint density at radius 2 is 2.26 bits per heavy atom. The first-order valence-electron chi connectivity index (χ1n) is 5.76. The standard InChI is InChI=1S/C13H14FN3S2/c1-9(2)6-7-18-13-17-16-12(19-13)15-11-5-3-4-10(14)8-11/h3-6,8H,7H2,1-2H3,(H,15,16). The van der Waals surface area contributed by atoms with Gasteiger partial charge >= 0.3 is 0 Å². The van der Waals surface area contributed by atoms with Crippen molar-refractivity contribution in [2.75, 3.05) is 11.1 Å². The second-order valence-corrected chi connectivity index (χ2v) is 6.35. The van der Waals surface area contributed by atoms with Gasteiger partial charge in [0.25, 0.3) is 0 Å². The zero-order valence-corrected chi connectivity index (χ0v) is 12.3. The maximum absolute atomic E-state index is 13.0. The van der Waals surface area contributed by atoms with E-state index in [-0.39, 0.29) is 5.82 Å². The Morgan fingerprint density at radius 1 is 1.42 bits per heavy atom. The van der Waals surface area contributed by atoms with E-state index in [9.17, 15) is 4.39 Å². The molecule has 100 valence electrons. The third kappa shape index (κ3) is 4.65. The molecule has 0 amide bonds. The third-order valence-corrected chi connectivity index (χ3v) is 4.08. The van der Waals surface area contributed by atoms with E-state index in [1.54, 1.807) is 23.9 Å². The molecule has 1 N–H and O–H groups in total. The Bertz CT molecular complexity index is 577. The summed E-state index contributed by atoms with van der Waals surface area (Å²) in [6.45, 7) is 4.13. The van der Waals surface area contributed by atoms with E-state index >= 15 is 0 Å². The molecule has 0 unspecified atom stereocenters. The van der Waals surface area contributed by atoms with Gasteiger partial charge in [-0.1, -0.05) is 40.8 Å². The summed E-state index contributed by atoms with van der Waals surface area (Å²) in [6.07, 6.45) is 2.14. The van der Waals surface area contributed by atoms with Gasteiger partial charge in [-0.15, -0.1) is 10.2 Å². The summed E-state index contributed by atoms with van der Waals surface area (Å²) in [7, 11) is 0. The van der Waals surface area contributed by atoms with Crippen LogP contribution in [0.25, 0.3) is 0 Å². The van der Waals surface area contributed by atoms with Gasteiger partial charge in [-0.05, 0) is 32.0 Å². The zero-order chi connectivity index (χ0) is 13.7. The van der Waals surface area contributed by atoms with Gasteiger partial charge in [0.2, 0.25) is 5.13 Å². The predicted octanol–water partition coefficient (Wildman–Crippen LogP) is 4.48. The SMILES string of the molecule is CC(C)=CCSc1nnc(Nc2cccc(F)c2)s1. The van der Waals surface area contributed by atoms with Crippen LogP contribution >= 0.6 is 23.1 Å². The number of thioether (sulfide) groups is 1. The highest BCUT2D eigenvalue weighted by Crippen LogP contribution is 2.27. The molecule has 1 aromatic carbocycles. The van der Waals surface area contributed by atoms with Gasteiger partial charge < -0.3 is 5.32 Å². The summed E-state index contributed by atoms with van der Waals surface area (Å²) in [5, 5.41) is 11.8. The molecule has 1 heterocycles. The number of hydrogen-bond donors (Lipinski definition) is 1. The highest BCUT2D eigenvalue weighted by Gasteiger charge is 2.04. The lowest BCUT2D eigenvalue weighted by molar-refractivity contribution is 0.628. The smallest absolute Gasteiger partial charge is 0.210 e. The first-order chi connectivity index (χ1) is 9.13. The number of aromatic nitrogens is 2. The molecule has 0 saturated heterocycles. The number of allylic oxidation sites excluding steroid dienone is 1. The normalized spacial score (nSPS) is 10.3. The Balaban J connectivity index is 1.95. The molecular weight excluding hydrogens is 281 g/mol. The second-order valence-electron chi connectivity index (χ2n) is 4.10. The van der Waals surface area contributed by atoms with Crippen LogP contribution in [0.3, 0.4) is 0 Å². The van der Waals surface area contributed by atoms with E-state index in [0.29, 0.717) is 10.8 Å². The van der Waals surface area contributed by atoms with Crippen LogP contribution in [-0.4, -0.2) is 16.0 Å². The number of rotatable bonds is 5. The molecule has 1 aromatic heterocycles. The summed E-state index contributed by atoms with van der Waals surface area (Å²) in [6, 6.07) is 6.28. The molecule has 6 heteroatoms. The number of nitrogens with zero attached hydrogens (tertiary/aromatic N) is 2. The molecule has 0 spiro atoms. The fourth-order valence-electron chi connectivity index (χ4n) is 1.29. The Labute approximate surface area is 120 Å². The summed E-state index contributed by atoms with van der Waals surface area (Å²) >= 11 is 3.10. The van der Waals surface area contributed by atoms with Crippen LogP contribution in [-0.2, 0) is 0 Å². The molecule has 0 saturated carbocycles. The van der Waals surface area contributed by atoms with E-state index < -0.39 is 0 Å². The maximum atomic E-state index is 13.0. The van der Waals surface area contributed by atoms with Gasteiger partial charge in [0, 0.05) is 11.4 Å². The zero-order valence-electron chi connectivity index (χ0n) is 10.7. The van der Waals surface area contributed by atoms with Crippen LogP contribution in [0.4, 0.5) is 15.2 Å². The van der Waals surface area contributed by atoms with Crippen molar-refractivity contribution in [1.82, 2.24) is 10.2 Å². The molecule has 3 nitrogen and oxygen atoms in total. The highest BCUT2D eigenvalue weighted by atomic mass is 32.2. The van der Waals surface area contributed by atoms with Gasteiger partial charge in [-0.2, -0.15) is 0 Å². The average molecular weight is 295 g/mol. The number of nitrogens with one attached hydrogen (secondary N) is 1. The first-order valence-corrected chi connectivity index (χ1v) is 7.56. The lowest BCUT2D eigenvalue weighted by Crippen LogP contribution is -1.89. The molecule has 0 aliphatic rings. The van der Waals surface area contributed by atoms with Crippen molar-refractivity contribution < 1.29 is 4.39 Å². The average Bonchev–Trinajstić information content (AvgIpc) is 2.76. The molecule has 0 bridgehead atoms. The Kier molecular flexibility index (Phi) is 4.93. The fourth-order valence-corrected chi connectivity index (χ4v) is 3.12.